The first-order valence-electron chi connectivity index (χ1n) is 7.95. The van der Waals surface area contributed by atoms with Crippen molar-refractivity contribution in [1.82, 2.24) is 10.2 Å². The van der Waals surface area contributed by atoms with Crippen molar-refractivity contribution in [2.75, 3.05) is 26.2 Å². The molecule has 0 aliphatic carbocycles. The number of rotatable bonds is 7. The highest BCUT2D eigenvalue weighted by atomic mass is 15.2. The molecule has 1 aliphatic rings. The molecular weight excluding hydrogens is 220 g/mol. The lowest BCUT2D eigenvalue weighted by Gasteiger charge is -2.42. The van der Waals surface area contributed by atoms with Crippen LogP contribution in [0.25, 0.3) is 0 Å². The lowest BCUT2D eigenvalue weighted by atomic mass is 9.78. The van der Waals surface area contributed by atoms with Gasteiger partial charge in [0, 0.05) is 12.6 Å². The highest BCUT2D eigenvalue weighted by Crippen LogP contribution is 2.34. The van der Waals surface area contributed by atoms with Gasteiger partial charge in [0.05, 0.1) is 0 Å². The van der Waals surface area contributed by atoms with Crippen molar-refractivity contribution < 1.29 is 0 Å². The molecule has 0 bridgehead atoms. The molecule has 0 spiro atoms. The monoisotopic (exact) mass is 254 g/mol. The van der Waals surface area contributed by atoms with E-state index in [0.717, 1.165) is 25.0 Å². The van der Waals surface area contributed by atoms with Gasteiger partial charge in [-0.15, -0.1) is 0 Å². The Labute approximate surface area is 115 Å². The molecule has 0 aromatic rings. The zero-order chi connectivity index (χ0) is 13.6. The maximum absolute atomic E-state index is 3.63. The molecule has 18 heavy (non-hydrogen) atoms. The first-order valence-corrected chi connectivity index (χ1v) is 7.95. The van der Waals surface area contributed by atoms with Crippen LogP contribution in [0.15, 0.2) is 0 Å². The maximum Gasteiger partial charge on any atom is 0.0218 e. The van der Waals surface area contributed by atoms with E-state index in [1.807, 2.05) is 0 Å². The minimum atomic E-state index is 0.611. The van der Waals surface area contributed by atoms with E-state index in [1.54, 1.807) is 0 Å². The highest BCUT2D eigenvalue weighted by Gasteiger charge is 2.30. The summed E-state index contributed by atoms with van der Waals surface area (Å²) in [5.41, 5.74) is 0.611. The van der Waals surface area contributed by atoms with Crippen LogP contribution in [0.3, 0.4) is 0 Å². The van der Waals surface area contributed by atoms with Crippen molar-refractivity contribution in [2.45, 2.75) is 66.3 Å². The standard InChI is InChI=1S/C16H34N2/c1-6-15(13-17-12-14(3)4)18-10-8-16(5,7-2)9-11-18/h14-15,17H,6-13H2,1-5H3. The Morgan fingerprint density at radius 2 is 1.72 bits per heavy atom. The van der Waals surface area contributed by atoms with Gasteiger partial charge in [-0.05, 0) is 50.2 Å². The van der Waals surface area contributed by atoms with Crippen molar-refractivity contribution >= 4 is 0 Å². The van der Waals surface area contributed by atoms with Crippen LogP contribution in [0.5, 0.6) is 0 Å². The number of nitrogens with one attached hydrogen (secondary N) is 1. The van der Waals surface area contributed by atoms with Gasteiger partial charge in [0.1, 0.15) is 0 Å². The highest BCUT2D eigenvalue weighted by molar-refractivity contribution is 4.85. The molecule has 1 rings (SSSR count). The minimum Gasteiger partial charge on any atom is -0.315 e. The van der Waals surface area contributed by atoms with Crippen LogP contribution >= 0.6 is 0 Å². The summed E-state index contributed by atoms with van der Waals surface area (Å²) in [5, 5.41) is 3.63. The van der Waals surface area contributed by atoms with E-state index in [0.29, 0.717) is 5.41 Å². The van der Waals surface area contributed by atoms with Crippen LogP contribution in [0.4, 0.5) is 0 Å². The minimum absolute atomic E-state index is 0.611. The molecule has 2 nitrogen and oxygen atoms in total. The molecule has 0 saturated carbocycles. The molecule has 1 unspecified atom stereocenters. The van der Waals surface area contributed by atoms with E-state index in [2.05, 4.69) is 44.8 Å². The smallest absolute Gasteiger partial charge is 0.0218 e. The molecule has 0 radical (unpaired) electrons. The summed E-state index contributed by atoms with van der Waals surface area (Å²) in [6, 6.07) is 0.741. The number of piperidine rings is 1. The largest absolute Gasteiger partial charge is 0.315 e. The predicted octanol–water partition coefficient (Wildman–Crippen LogP) is 3.52. The lowest BCUT2D eigenvalue weighted by Crippen LogP contribution is -2.48. The average molecular weight is 254 g/mol. The fraction of sp³-hybridized carbons (Fsp3) is 1.00. The predicted molar refractivity (Wildman–Crippen MR) is 81.0 cm³/mol. The summed E-state index contributed by atoms with van der Waals surface area (Å²) in [7, 11) is 0. The summed E-state index contributed by atoms with van der Waals surface area (Å²) < 4.78 is 0. The van der Waals surface area contributed by atoms with Crippen LogP contribution in [-0.4, -0.2) is 37.1 Å². The molecule has 0 aromatic heterocycles. The average Bonchev–Trinajstić information content (AvgIpc) is 2.36. The second-order valence-corrected chi connectivity index (χ2v) is 6.81. The fourth-order valence-corrected chi connectivity index (χ4v) is 2.85. The number of nitrogens with zero attached hydrogens (tertiary/aromatic N) is 1. The van der Waals surface area contributed by atoms with Gasteiger partial charge in [0.15, 0.2) is 0 Å². The van der Waals surface area contributed by atoms with Crippen molar-refractivity contribution in [3.63, 3.8) is 0 Å². The zero-order valence-electron chi connectivity index (χ0n) is 13.3. The number of hydrogen-bond donors (Lipinski definition) is 1. The van der Waals surface area contributed by atoms with E-state index in [4.69, 9.17) is 0 Å². The Morgan fingerprint density at radius 3 is 2.17 bits per heavy atom. The van der Waals surface area contributed by atoms with Gasteiger partial charge in [-0.25, -0.2) is 0 Å². The third-order valence-electron chi connectivity index (χ3n) is 4.78. The van der Waals surface area contributed by atoms with E-state index in [-0.39, 0.29) is 0 Å². The molecule has 0 aromatic carbocycles. The van der Waals surface area contributed by atoms with E-state index in [1.165, 1.54) is 38.8 Å². The molecule has 1 atom stereocenters. The summed E-state index contributed by atoms with van der Waals surface area (Å²) >= 11 is 0. The molecule has 1 N–H and O–H groups in total. The van der Waals surface area contributed by atoms with Gasteiger partial charge in [-0.1, -0.05) is 41.0 Å². The number of hydrogen-bond acceptors (Lipinski definition) is 2. The van der Waals surface area contributed by atoms with Gasteiger partial charge in [0.2, 0.25) is 0 Å². The van der Waals surface area contributed by atoms with Crippen LogP contribution in [-0.2, 0) is 0 Å². The topological polar surface area (TPSA) is 15.3 Å². The Balaban J connectivity index is 2.34. The van der Waals surface area contributed by atoms with Crippen molar-refractivity contribution in [1.29, 1.82) is 0 Å². The van der Waals surface area contributed by atoms with Crippen LogP contribution in [0.1, 0.15) is 60.3 Å². The normalized spacial score (nSPS) is 22.3. The van der Waals surface area contributed by atoms with Crippen LogP contribution in [0, 0.1) is 11.3 Å². The van der Waals surface area contributed by atoms with Gasteiger partial charge in [-0.2, -0.15) is 0 Å². The Bertz CT molecular complexity index is 217. The molecule has 1 heterocycles. The molecule has 1 fully saturated rings. The molecule has 0 amide bonds. The van der Waals surface area contributed by atoms with E-state index < -0.39 is 0 Å². The third-order valence-corrected chi connectivity index (χ3v) is 4.78. The van der Waals surface area contributed by atoms with E-state index in [9.17, 15) is 0 Å². The summed E-state index contributed by atoms with van der Waals surface area (Å²) in [5.74, 6) is 0.757. The molecule has 1 aliphatic heterocycles. The molecule has 108 valence electrons. The molecular formula is C16H34N2. The van der Waals surface area contributed by atoms with Gasteiger partial charge < -0.3 is 5.32 Å². The van der Waals surface area contributed by atoms with Crippen molar-refractivity contribution in [3.05, 3.63) is 0 Å². The summed E-state index contributed by atoms with van der Waals surface area (Å²) in [4.78, 5) is 2.71. The first kappa shape index (κ1) is 16.0. The Hall–Kier alpha value is -0.0800. The fourth-order valence-electron chi connectivity index (χ4n) is 2.85. The quantitative estimate of drug-likeness (QED) is 0.748. The Kier molecular flexibility index (Phi) is 6.65. The van der Waals surface area contributed by atoms with E-state index >= 15 is 0 Å². The lowest BCUT2D eigenvalue weighted by molar-refractivity contribution is 0.0782. The second-order valence-electron chi connectivity index (χ2n) is 6.81. The first-order chi connectivity index (χ1) is 8.50. The maximum atomic E-state index is 3.63. The zero-order valence-corrected chi connectivity index (χ0v) is 13.3. The van der Waals surface area contributed by atoms with Crippen molar-refractivity contribution in [2.24, 2.45) is 11.3 Å². The summed E-state index contributed by atoms with van der Waals surface area (Å²) in [6.07, 6.45) is 5.37. The second kappa shape index (κ2) is 7.49. The molecule has 1 saturated heterocycles. The van der Waals surface area contributed by atoms with Gasteiger partial charge >= 0.3 is 0 Å². The van der Waals surface area contributed by atoms with Gasteiger partial charge in [-0.3, -0.25) is 4.90 Å². The SMILES string of the molecule is CCC(CNCC(C)C)N1CCC(C)(CC)CC1. The van der Waals surface area contributed by atoms with Gasteiger partial charge in [0.25, 0.3) is 0 Å². The number of likely N-dealkylation sites (tertiary alicyclic amines) is 1. The van der Waals surface area contributed by atoms with Crippen LogP contribution < -0.4 is 5.32 Å². The van der Waals surface area contributed by atoms with Crippen molar-refractivity contribution in [3.8, 4) is 0 Å². The molecule has 2 heteroatoms. The third kappa shape index (κ3) is 4.89. The van der Waals surface area contributed by atoms with Crippen LogP contribution in [0.2, 0.25) is 0 Å². The Morgan fingerprint density at radius 1 is 1.11 bits per heavy atom. The summed E-state index contributed by atoms with van der Waals surface area (Å²) in [6.45, 7) is 16.6.